The van der Waals surface area contributed by atoms with Crippen molar-refractivity contribution in [1.29, 1.82) is 0 Å². The Morgan fingerprint density at radius 3 is 2.73 bits per heavy atom. The third kappa shape index (κ3) is 2.86. The normalized spacial score (nSPS) is 17.8. The minimum Gasteiger partial charge on any atom is -0.376 e. The summed E-state index contributed by atoms with van der Waals surface area (Å²) in [7, 11) is 3.72. The molecular weight excluding hydrogens is 385 g/mol. The molecule has 1 aliphatic rings. The van der Waals surface area contributed by atoms with Gasteiger partial charge in [-0.05, 0) is 30.3 Å². The fourth-order valence-corrected chi connectivity index (χ4v) is 4.22. The van der Waals surface area contributed by atoms with Gasteiger partial charge in [0.25, 0.3) is 5.56 Å². The average Bonchev–Trinajstić information content (AvgIpc) is 3.16. The Kier molecular flexibility index (Phi) is 4.32. The Labute approximate surface area is 171 Å². The van der Waals surface area contributed by atoms with Gasteiger partial charge in [-0.1, -0.05) is 24.3 Å². The molecule has 0 saturated carbocycles. The smallest absolute Gasteiger partial charge is 0.272 e. The molecule has 0 fully saturated rings. The fraction of sp³-hybridized carbons (Fsp3) is 0.238. The number of hydrogen-bond donors (Lipinski definition) is 3. The van der Waals surface area contributed by atoms with Crippen molar-refractivity contribution in [2.24, 2.45) is 7.05 Å². The van der Waals surface area contributed by atoms with Crippen LogP contribution in [0.15, 0.2) is 47.5 Å². The molecule has 0 unspecified atom stereocenters. The molecule has 3 N–H and O–H groups in total. The number of benzene rings is 2. The number of H-pyrrole nitrogens is 1. The van der Waals surface area contributed by atoms with E-state index in [1.807, 2.05) is 26.2 Å². The first kappa shape index (κ1) is 18.4. The number of halogens is 1. The van der Waals surface area contributed by atoms with Gasteiger partial charge in [0.2, 0.25) is 0 Å². The number of aromatic amines is 1. The van der Waals surface area contributed by atoms with Crippen LogP contribution in [0.1, 0.15) is 34.6 Å². The predicted octanol–water partition coefficient (Wildman–Crippen LogP) is 2.21. The molecule has 0 amide bonds. The molecule has 9 heteroatoms. The van der Waals surface area contributed by atoms with Crippen LogP contribution in [0.25, 0.3) is 10.8 Å². The van der Waals surface area contributed by atoms with Crippen LogP contribution in [0.2, 0.25) is 0 Å². The van der Waals surface area contributed by atoms with Crippen LogP contribution in [0, 0.1) is 5.82 Å². The summed E-state index contributed by atoms with van der Waals surface area (Å²) in [6.45, 7) is 0.765. The monoisotopic (exact) mass is 405 g/mol. The number of nitrogens with one attached hydrogen (secondary N) is 3. The summed E-state index contributed by atoms with van der Waals surface area (Å²) in [5.41, 5.74) is 2.91. The van der Waals surface area contributed by atoms with Gasteiger partial charge in [-0.15, -0.1) is 0 Å². The lowest BCUT2D eigenvalue weighted by Crippen LogP contribution is -2.30. The number of aromatic nitrogens is 5. The highest BCUT2D eigenvalue weighted by molar-refractivity contribution is 5.97. The summed E-state index contributed by atoms with van der Waals surface area (Å²) < 4.78 is 16.0. The van der Waals surface area contributed by atoms with Gasteiger partial charge in [-0.2, -0.15) is 10.2 Å². The summed E-state index contributed by atoms with van der Waals surface area (Å²) in [6.07, 6.45) is 1.49. The second kappa shape index (κ2) is 7.03. The minimum absolute atomic E-state index is 0.262. The molecule has 8 nitrogen and oxygen atoms in total. The summed E-state index contributed by atoms with van der Waals surface area (Å²) in [6, 6.07) is 10.6. The largest absolute Gasteiger partial charge is 0.376 e. The minimum atomic E-state index is -0.479. The average molecular weight is 405 g/mol. The highest BCUT2D eigenvalue weighted by atomic mass is 19.1. The van der Waals surface area contributed by atoms with E-state index in [0.717, 1.165) is 17.7 Å². The number of aryl methyl sites for hydroxylation is 1. The lowest BCUT2D eigenvalue weighted by Gasteiger charge is -2.33. The summed E-state index contributed by atoms with van der Waals surface area (Å²) in [4.78, 5) is 16.8. The Morgan fingerprint density at radius 2 is 2.03 bits per heavy atom. The lowest BCUT2D eigenvalue weighted by atomic mass is 9.83. The molecule has 1 aliphatic heterocycles. The molecule has 3 heterocycles. The summed E-state index contributed by atoms with van der Waals surface area (Å²) >= 11 is 0. The van der Waals surface area contributed by atoms with Crippen LogP contribution in [-0.2, 0) is 13.6 Å². The van der Waals surface area contributed by atoms with Gasteiger partial charge >= 0.3 is 0 Å². The zero-order valence-corrected chi connectivity index (χ0v) is 16.5. The fourth-order valence-electron chi connectivity index (χ4n) is 4.22. The van der Waals surface area contributed by atoms with Gasteiger partial charge in [0.05, 0.1) is 23.0 Å². The standard InChI is InChI=1S/C21H20FN7O/c1-23-9-11-3-5-12(6-4-11)18-17(20-24-10-25-29(20)2)19-16-14(21(30)28-27-19)7-13(22)8-15(16)26-18/h3-8,10,17-18,23,26H,9H2,1-2H3,(H,28,30)/t17-,18-/m0/s1. The molecule has 4 aromatic rings. The van der Waals surface area contributed by atoms with Crippen molar-refractivity contribution < 1.29 is 4.39 Å². The Bertz CT molecular complexity index is 1300. The zero-order chi connectivity index (χ0) is 20.8. The van der Waals surface area contributed by atoms with Crippen LogP contribution < -0.4 is 16.2 Å². The maximum Gasteiger partial charge on any atom is 0.272 e. The molecule has 0 aliphatic carbocycles. The van der Waals surface area contributed by atoms with E-state index >= 15 is 0 Å². The number of rotatable bonds is 4. The highest BCUT2D eigenvalue weighted by Gasteiger charge is 2.37. The van der Waals surface area contributed by atoms with Gasteiger partial charge in [0.1, 0.15) is 18.0 Å². The van der Waals surface area contributed by atoms with Crippen molar-refractivity contribution in [2.75, 3.05) is 12.4 Å². The Balaban J connectivity index is 1.74. The molecule has 2 aromatic carbocycles. The van der Waals surface area contributed by atoms with Gasteiger partial charge in [0, 0.05) is 24.7 Å². The van der Waals surface area contributed by atoms with Crippen molar-refractivity contribution in [2.45, 2.75) is 18.5 Å². The third-order valence-corrected chi connectivity index (χ3v) is 5.57. The van der Waals surface area contributed by atoms with E-state index in [2.05, 4.69) is 43.0 Å². The Morgan fingerprint density at radius 1 is 1.23 bits per heavy atom. The van der Waals surface area contributed by atoms with Gasteiger partial charge < -0.3 is 10.6 Å². The van der Waals surface area contributed by atoms with E-state index in [1.54, 1.807) is 4.68 Å². The first-order valence-corrected chi connectivity index (χ1v) is 9.62. The predicted molar refractivity (Wildman–Crippen MR) is 111 cm³/mol. The summed E-state index contributed by atoms with van der Waals surface area (Å²) in [5, 5.41) is 18.6. The van der Waals surface area contributed by atoms with E-state index in [0.29, 0.717) is 22.6 Å². The van der Waals surface area contributed by atoms with Crippen molar-refractivity contribution in [3.05, 3.63) is 81.5 Å². The van der Waals surface area contributed by atoms with Crippen LogP contribution >= 0.6 is 0 Å². The van der Waals surface area contributed by atoms with Gasteiger partial charge in [-0.3, -0.25) is 9.48 Å². The zero-order valence-electron chi connectivity index (χ0n) is 16.5. The third-order valence-electron chi connectivity index (χ3n) is 5.57. The van der Waals surface area contributed by atoms with Crippen LogP contribution in [0.3, 0.4) is 0 Å². The molecule has 0 saturated heterocycles. The van der Waals surface area contributed by atoms with Crippen LogP contribution in [0.4, 0.5) is 10.1 Å². The van der Waals surface area contributed by atoms with Crippen LogP contribution in [0.5, 0.6) is 0 Å². The number of anilines is 1. The lowest BCUT2D eigenvalue weighted by molar-refractivity contribution is 0.564. The molecule has 0 radical (unpaired) electrons. The summed E-state index contributed by atoms with van der Waals surface area (Å²) in [5.74, 6) is -0.111. The van der Waals surface area contributed by atoms with Crippen molar-refractivity contribution in [1.82, 2.24) is 30.3 Å². The van der Waals surface area contributed by atoms with Crippen molar-refractivity contribution in [3.63, 3.8) is 0 Å². The number of nitrogens with zero attached hydrogens (tertiary/aromatic N) is 4. The van der Waals surface area contributed by atoms with Crippen molar-refractivity contribution >= 4 is 16.5 Å². The molecule has 30 heavy (non-hydrogen) atoms. The van der Waals surface area contributed by atoms with E-state index in [-0.39, 0.29) is 17.3 Å². The topological polar surface area (TPSA) is 101 Å². The molecule has 2 aromatic heterocycles. The van der Waals surface area contributed by atoms with E-state index in [9.17, 15) is 9.18 Å². The van der Waals surface area contributed by atoms with E-state index < -0.39 is 11.4 Å². The second-order valence-corrected chi connectivity index (χ2v) is 7.43. The molecule has 2 atom stereocenters. The SMILES string of the molecule is CNCc1ccc([C@@H]2Nc3cc(F)cc4c(=O)[nH]nc(c34)[C@H]2c2ncnn2C)cc1. The quantitative estimate of drug-likeness (QED) is 0.481. The van der Waals surface area contributed by atoms with E-state index in [4.69, 9.17) is 0 Å². The second-order valence-electron chi connectivity index (χ2n) is 7.43. The van der Waals surface area contributed by atoms with E-state index in [1.165, 1.54) is 18.5 Å². The van der Waals surface area contributed by atoms with Crippen molar-refractivity contribution in [3.8, 4) is 0 Å². The molecule has 5 rings (SSSR count). The number of hydrogen-bond acceptors (Lipinski definition) is 6. The molecule has 0 bridgehead atoms. The maximum absolute atomic E-state index is 14.3. The highest BCUT2D eigenvalue weighted by Crippen LogP contribution is 2.45. The first-order chi connectivity index (χ1) is 14.6. The molecule has 152 valence electrons. The van der Waals surface area contributed by atoms with Gasteiger partial charge in [-0.25, -0.2) is 14.5 Å². The molecular formula is C21H20FN7O. The Hall–Kier alpha value is -3.59. The maximum atomic E-state index is 14.3. The first-order valence-electron chi connectivity index (χ1n) is 9.62. The molecule has 0 spiro atoms. The van der Waals surface area contributed by atoms with Crippen LogP contribution in [-0.4, -0.2) is 32.0 Å². The van der Waals surface area contributed by atoms with Gasteiger partial charge in [0.15, 0.2) is 0 Å².